The molecule has 0 unspecified atom stereocenters. The molecule has 0 aliphatic carbocycles. The number of aromatic nitrogens is 6. The fourth-order valence-corrected chi connectivity index (χ4v) is 10.6. The van der Waals surface area contributed by atoms with Gasteiger partial charge in [0, 0.05) is 61.0 Å². The summed E-state index contributed by atoms with van der Waals surface area (Å²) in [7, 11) is -7.36. The van der Waals surface area contributed by atoms with Crippen LogP contribution >= 0.6 is 58.0 Å². The van der Waals surface area contributed by atoms with Gasteiger partial charge >= 0.3 is 11.9 Å². The van der Waals surface area contributed by atoms with E-state index in [9.17, 15) is 71.7 Å². The fraction of sp³-hybridized carbons (Fsp3) is 0.262. The standard InChI is InChI=1S/C19H19F2N5O2S.C13H12ClF2N3.C9H10FNO2.C9H12FN.C9H11F.C9H12O.C6H8N2O2S.C4HCl2FN2.C4H6O3.CH2Cl2.CH4.HNO3/c20-11-1-2-13-3-5-14(6-4-13)24-18-17(21)12-23-19(26-18)25-15-7-9-16(10-8-15)29(22,27)28;14-13-17-8-11(16)12(19-13)18-10-5-3-9(4-6-10)2-1-7-15;10-7-1-2-8-3-5-9(6-4-8)11(12)13;10-7-1-2-8-3-5-9(11)6-4-8;2*10-8-4-7-9-5-2-1-3-6-9;7-5-1-3-6(4-2-5)11(8,9)10;5-3-2(7)1-8-4(6)9-3;1-3(5)7-4(2)6;2-1-3;;2-1(3)4/h3-10,12H,1-2,11H2,(H2,22,27,28)(H2,23,24,25,26);3-6,8H,1-2,7H2,(H,17,18,19);3-6H,1-2,7H2;3-6H,1-2,7,11H2;1-3,5-6H,4,7-8H2;1-3,5-6,10H,4,7-8H2;1-4H,7H2,(H2,8,9,10);1H;1-2H3;1H2;1H4;(H,2,3,4). The summed E-state index contributed by atoms with van der Waals surface area (Å²) < 4.78 is 147. The van der Waals surface area contributed by atoms with E-state index < -0.39 is 59.4 Å². The number of halogens is 13. The van der Waals surface area contributed by atoms with Crippen molar-refractivity contribution in [1.29, 1.82) is 0 Å². The Hall–Kier alpha value is -11.6. The van der Waals surface area contributed by atoms with Crippen molar-refractivity contribution in [3.63, 3.8) is 0 Å². The second-order valence-electron chi connectivity index (χ2n) is 24.8. The number of nitrogen functional groups attached to an aromatic ring is 2. The highest BCUT2D eigenvalue weighted by atomic mass is 35.5. The highest BCUT2D eigenvalue weighted by Gasteiger charge is 2.13. The lowest BCUT2D eigenvalue weighted by molar-refractivity contribution is -0.742. The third kappa shape index (κ3) is 56.9. The van der Waals surface area contributed by atoms with Crippen LogP contribution in [0.25, 0.3) is 0 Å². The number of hydrogen-bond donors (Lipinski definition) is 9. The van der Waals surface area contributed by atoms with Gasteiger partial charge in [-0.2, -0.15) is 9.97 Å². The largest absolute Gasteiger partial charge is 0.399 e. The van der Waals surface area contributed by atoms with Crippen molar-refractivity contribution in [3.05, 3.63) is 312 Å². The smallest absolute Gasteiger partial charge is 0.310 e. The molecule has 0 bridgehead atoms. The summed E-state index contributed by atoms with van der Waals surface area (Å²) in [6.45, 7) is 1.14. The molecule has 3 aromatic heterocycles. The average Bonchev–Trinajstić information content (AvgIpc) is 0.834. The van der Waals surface area contributed by atoms with Gasteiger partial charge in [0.25, 0.3) is 10.8 Å². The minimum Gasteiger partial charge on any atom is -0.399 e. The number of anilines is 8. The number of hydrogen-bond acceptors (Lipinski definition) is 23. The van der Waals surface area contributed by atoms with Crippen LogP contribution in [0.15, 0.2) is 235 Å². The molecule has 0 atom stereocenters. The van der Waals surface area contributed by atoms with E-state index in [0.29, 0.717) is 74.1 Å². The summed E-state index contributed by atoms with van der Waals surface area (Å²) in [6, 6.07) is 59.8. The lowest BCUT2D eigenvalue weighted by atomic mass is 10.1. The second kappa shape index (κ2) is 67.7. The molecule has 0 aliphatic rings. The minimum absolute atomic E-state index is 0. The van der Waals surface area contributed by atoms with E-state index in [2.05, 4.69) is 62.7 Å². The van der Waals surface area contributed by atoms with Gasteiger partial charge in [0.05, 0.1) is 72.0 Å². The highest BCUT2D eigenvalue weighted by Crippen LogP contribution is 2.24. The minimum atomic E-state index is -3.79. The van der Waals surface area contributed by atoms with Gasteiger partial charge in [0.1, 0.15) is 0 Å². The maximum atomic E-state index is 14.1. The number of esters is 2. The Morgan fingerprint density at radius 1 is 0.441 bits per heavy atom. The van der Waals surface area contributed by atoms with E-state index in [-0.39, 0.29) is 102 Å². The Labute approximate surface area is 756 Å². The third-order valence-corrected chi connectivity index (χ3v) is 17.4. The molecule has 13 N–H and O–H groups in total. The molecule has 3 heterocycles. The fourth-order valence-electron chi connectivity index (χ4n) is 9.17. The number of nitrogens with one attached hydrogen (secondary N) is 3. The van der Waals surface area contributed by atoms with Gasteiger partial charge in [-0.3, -0.25) is 41.7 Å². The first-order valence-electron chi connectivity index (χ1n) is 37.2. The lowest BCUT2D eigenvalue weighted by Gasteiger charge is -2.10. The third-order valence-electron chi connectivity index (χ3n) is 14.9. The van der Waals surface area contributed by atoms with Crippen LogP contribution < -0.4 is 37.7 Å². The van der Waals surface area contributed by atoms with Crippen LogP contribution in [0.4, 0.5) is 86.8 Å². The molecule has 0 spiro atoms. The van der Waals surface area contributed by atoms with Gasteiger partial charge < -0.3 is 42.5 Å². The molecule has 0 saturated carbocycles. The first-order valence-corrected chi connectivity index (χ1v) is 42.5. The zero-order valence-corrected chi connectivity index (χ0v) is 73.2. The zero-order valence-electron chi connectivity index (χ0n) is 67.8. The number of rotatable bonds is 27. The number of aliphatic hydroxyl groups excluding tert-OH is 1. The Morgan fingerprint density at radius 2 is 0.724 bits per heavy atom. The van der Waals surface area contributed by atoms with E-state index in [1.165, 1.54) is 85.6 Å². The normalized spacial score (nSPS) is 9.97. The molecule has 11 aromatic rings. The van der Waals surface area contributed by atoms with E-state index in [1.54, 1.807) is 36.4 Å². The summed E-state index contributed by atoms with van der Waals surface area (Å²) in [4.78, 5) is 59.8. The number of nitrogens with two attached hydrogens (primary N) is 4. The van der Waals surface area contributed by atoms with Crippen molar-refractivity contribution in [1.82, 2.24) is 29.9 Å². The number of carbonyl (C=O) groups is 2. The molecule has 690 valence electrons. The van der Waals surface area contributed by atoms with Crippen LogP contribution in [0.5, 0.6) is 0 Å². The van der Waals surface area contributed by atoms with E-state index in [4.69, 9.17) is 100 Å². The van der Waals surface area contributed by atoms with Crippen LogP contribution in [0.1, 0.15) is 93.2 Å². The van der Waals surface area contributed by atoms with Crippen molar-refractivity contribution in [2.75, 3.05) is 72.7 Å². The molecule has 0 radical (unpaired) electrons. The number of non-ortho nitro benzene ring substituents is 1. The number of benzene rings is 8. The Balaban J connectivity index is 0.00000144. The molecular weight excluding hydrogens is 1820 g/mol. The molecule has 28 nitrogen and oxygen atoms in total. The first kappa shape index (κ1) is 115. The molecule has 11 rings (SSSR count). The van der Waals surface area contributed by atoms with Gasteiger partial charge in [0.2, 0.25) is 36.6 Å². The van der Waals surface area contributed by atoms with Crippen LogP contribution in [0.3, 0.4) is 0 Å². The number of nitro benzene ring substituents is 1. The van der Waals surface area contributed by atoms with Crippen LogP contribution in [-0.2, 0) is 72.9 Å². The monoisotopic (exact) mass is 1920 g/mol. The number of aliphatic hydroxyl groups is 1. The number of ether oxygens (including phenoxy) is 1. The number of carbonyl (C=O) groups excluding carboxylic acids is 2. The van der Waals surface area contributed by atoms with Crippen molar-refractivity contribution in [2.24, 2.45) is 10.3 Å². The number of aryl methyl sites for hydroxylation is 6. The van der Waals surface area contributed by atoms with Crippen molar-refractivity contribution in [2.45, 2.75) is 108 Å². The first-order chi connectivity index (χ1) is 59.9. The van der Waals surface area contributed by atoms with Crippen LogP contribution in [0, 0.1) is 37.7 Å². The molecule has 0 aliphatic heterocycles. The molecular formula is C84H98Cl5F8N15O13S2. The predicted octanol–water partition coefficient (Wildman–Crippen LogP) is 20.1. The number of nitro groups is 1. The van der Waals surface area contributed by atoms with Crippen molar-refractivity contribution >= 4 is 142 Å². The predicted molar refractivity (Wildman–Crippen MR) is 482 cm³/mol. The summed E-state index contributed by atoms with van der Waals surface area (Å²) in [5.41, 5.74) is 20.6. The molecule has 8 aromatic carbocycles. The molecule has 127 heavy (non-hydrogen) atoms. The van der Waals surface area contributed by atoms with Crippen molar-refractivity contribution < 1.29 is 86.6 Å². The zero-order chi connectivity index (χ0) is 94.3. The van der Waals surface area contributed by atoms with E-state index in [1.807, 2.05) is 97.1 Å². The SMILES string of the molecule is C.CC(=O)OC(C)=O.ClCCl.FCCCc1ccc(Nc2nc(Cl)ncc2F)cc1.FCCCc1ccccc1.Fc1cnc(Cl)nc1Cl.NS(=O)(=O)c1ccc(Nc2ncc(F)c(Nc3ccc(CCCF)cc3)n2)cc1.Nc1ccc(CCCF)cc1.Nc1ccc(S(N)(=O)=O)cc1.O=[N+]([O-])O.O=[N+]([O-])c1ccc(CCCF)cc1.OCCCc1ccccc1. The number of alkyl halides is 7. The number of nitrogens with zero attached hydrogens (tertiary/aromatic N) is 8. The summed E-state index contributed by atoms with van der Waals surface area (Å²) in [5.74, 6) is -2.89. The van der Waals surface area contributed by atoms with Crippen LogP contribution in [-0.4, -0.2) is 124 Å². The van der Waals surface area contributed by atoms with Gasteiger partial charge in [-0.25, -0.2) is 60.2 Å². The van der Waals surface area contributed by atoms with E-state index in [0.717, 1.165) is 72.2 Å². The Morgan fingerprint density at radius 3 is 1.04 bits per heavy atom. The molecule has 0 fully saturated rings. The van der Waals surface area contributed by atoms with Crippen molar-refractivity contribution in [3.8, 4) is 0 Å². The summed E-state index contributed by atoms with van der Waals surface area (Å²) in [5, 5.41) is 50.8. The second-order valence-corrected chi connectivity index (χ2v) is 29.8. The van der Waals surface area contributed by atoms with E-state index >= 15 is 0 Å². The summed E-state index contributed by atoms with van der Waals surface area (Å²) in [6.07, 6.45) is 11.1. The highest BCUT2D eigenvalue weighted by molar-refractivity contribution is 7.89. The topological polar surface area (TPSA) is 456 Å². The Kier molecular flexibility index (Phi) is 61.5. The van der Waals surface area contributed by atoms with Crippen LogP contribution in [0.2, 0.25) is 15.7 Å². The summed E-state index contributed by atoms with van der Waals surface area (Å²) >= 11 is 25.6. The molecule has 43 heteroatoms. The maximum Gasteiger partial charge on any atom is 0.310 e. The Bertz CT molecular complexity index is 5080. The molecule has 0 saturated heterocycles. The molecule has 0 amide bonds. The van der Waals surface area contributed by atoms with Gasteiger partial charge in [-0.05, 0) is 219 Å². The van der Waals surface area contributed by atoms with Gasteiger partial charge in [-0.15, -0.1) is 33.3 Å². The number of primary sulfonamides is 2. The van der Waals surface area contributed by atoms with Gasteiger partial charge in [0.15, 0.2) is 34.2 Å². The van der Waals surface area contributed by atoms with Gasteiger partial charge in [-0.1, -0.05) is 128 Å². The average molecular weight is 1920 g/mol. The quantitative estimate of drug-likeness (QED) is 0.00266. The number of sulfonamides is 2. The maximum absolute atomic E-state index is 14.1. The lowest BCUT2D eigenvalue weighted by Crippen LogP contribution is -2.11.